The third-order valence-electron chi connectivity index (χ3n) is 4.65. The molecular weight excluding hydrogens is 467 g/mol. The van der Waals surface area contributed by atoms with Gasteiger partial charge in [-0.3, -0.25) is 4.79 Å². The second kappa shape index (κ2) is 9.73. The van der Waals surface area contributed by atoms with E-state index < -0.39 is 0 Å². The van der Waals surface area contributed by atoms with Crippen LogP contribution in [0.15, 0.2) is 66.2 Å². The van der Waals surface area contributed by atoms with E-state index in [0.717, 1.165) is 26.8 Å². The zero-order valence-corrected chi connectivity index (χ0v) is 18.0. The Morgan fingerprint density at radius 1 is 1.11 bits per heavy atom. The Bertz CT molecular complexity index is 867. The summed E-state index contributed by atoms with van der Waals surface area (Å²) in [5.41, 5.74) is 3.04. The Morgan fingerprint density at radius 2 is 1.82 bits per heavy atom. The first kappa shape index (κ1) is 20.4. The number of para-hydroxylation sites is 1. The largest absolute Gasteiger partial charge is 0.445 e. The smallest absolute Gasteiger partial charge is 0.410 e. The number of anilines is 1. The molecule has 2 aromatic carbocycles. The highest BCUT2D eigenvalue weighted by molar-refractivity contribution is 14.1. The van der Waals surface area contributed by atoms with Crippen LogP contribution in [0.4, 0.5) is 10.5 Å². The lowest BCUT2D eigenvalue weighted by Crippen LogP contribution is -2.38. The van der Waals surface area contributed by atoms with Gasteiger partial charge in [0.05, 0.1) is 5.69 Å². The Kier molecular flexibility index (Phi) is 7.08. The molecule has 0 saturated carbocycles. The molecule has 0 radical (unpaired) electrons. The van der Waals surface area contributed by atoms with Crippen LogP contribution in [-0.2, 0) is 16.1 Å². The molecule has 0 atom stereocenters. The van der Waals surface area contributed by atoms with E-state index in [9.17, 15) is 9.59 Å². The predicted molar refractivity (Wildman–Crippen MR) is 118 cm³/mol. The van der Waals surface area contributed by atoms with Gasteiger partial charge in [0, 0.05) is 30.1 Å². The number of amides is 2. The molecule has 146 valence electrons. The molecule has 0 spiro atoms. The van der Waals surface area contributed by atoms with E-state index in [2.05, 4.69) is 22.6 Å². The lowest BCUT2D eigenvalue weighted by atomic mass is 10.1. The van der Waals surface area contributed by atoms with E-state index in [-0.39, 0.29) is 18.6 Å². The number of rotatable bonds is 5. The van der Waals surface area contributed by atoms with Crippen LogP contribution in [-0.4, -0.2) is 36.5 Å². The summed E-state index contributed by atoms with van der Waals surface area (Å²) < 4.78 is 6.44. The standard InChI is InChI=1S/C22H23IN2O3/c1-17(26)25(21-10-6-5-9-20(21)23)15-18-11-13-24(14-12-18)22(27)28-16-19-7-3-2-4-8-19/h2-11H,12-16H2,1H3. The Labute approximate surface area is 179 Å². The lowest BCUT2D eigenvalue weighted by molar-refractivity contribution is -0.116. The van der Waals surface area contributed by atoms with Crippen molar-refractivity contribution in [3.8, 4) is 0 Å². The average molecular weight is 490 g/mol. The number of nitrogens with zero attached hydrogens (tertiary/aromatic N) is 2. The maximum Gasteiger partial charge on any atom is 0.410 e. The molecule has 3 rings (SSSR count). The third kappa shape index (κ3) is 5.34. The fourth-order valence-corrected chi connectivity index (χ4v) is 3.75. The van der Waals surface area contributed by atoms with Crippen LogP contribution in [0.2, 0.25) is 0 Å². The first-order valence-electron chi connectivity index (χ1n) is 9.21. The quantitative estimate of drug-likeness (QED) is 0.455. The molecule has 28 heavy (non-hydrogen) atoms. The van der Waals surface area contributed by atoms with Crippen LogP contribution >= 0.6 is 22.6 Å². The average Bonchev–Trinajstić information content (AvgIpc) is 2.72. The van der Waals surface area contributed by atoms with Gasteiger partial charge in [0.1, 0.15) is 6.61 Å². The highest BCUT2D eigenvalue weighted by Gasteiger charge is 2.21. The van der Waals surface area contributed by atoms with Crippen molar-refractivity contribution >= 4 is 40.3 Å². The molecule has 5 nitrogen and oxygen atoms in total. The summed E-state index contributed by atoms with van der Waals surface area (Å²) >= 11 is 2.25. The second-order valence-electron chi connectivity index (χ2n) is 6.66. The van der Waals surface area contributed by atoms with E-state index in [4.69, 9.17) is 4.74 Å². The normalized spacial score (nSPS) is 13.6. The van der Waals surface area contributed by atoms with Crippen molar-refractivity contribution in [2.45, 2.75) is 20.0 Å². The number of carbonyl (C=O) groups excluding carboxylic acids is 2. The fourth-order valence-electron chi connectivity index (χ4n) is 3.07. The molecule has 0 unspecified atom stereocenters. The molecule has 6 heteroatoms. The molecule has 2 amide bonds. The fraction of sp³-hybridized carbons (Fsp3) is 0.273. The van der Waals surface area contributed by atoms with E-state index in [1.807, 2.05) is 60.7 Å². The maximum atomic E-state index is 12.3. The molecule has 1 heterocycles. The van der Waals surface area contributed by atoms with Crippen molar-refractivity contribution in [3.63, 3.8) is 0 Å². The van der Waals surface area contributed by atoms with Gasteiger partial charge in [-0.1, -0.05) is 54.1 Å². The number of carbonyl (C=O) groups is 2. The summed E-state index contributed by atoms with van der Waals surface area (Å²) in [6.07, 6.45) is 2.45. The first-order valence-corrected chi connectivity index (χ1v) is 10.3. The Morgan fingerprint density at radius 3 is 2.46 bits per heavy atom. The van der Waals surface area contributed by atoms with Crippen LogP contribution in [0.1, 0.15) is 18.9 Å². The van der Waals surface area contributed by atoms with Crippen molar-refractivity contribution in [2.24, 2.45) is 0 Å². The molecule has 1 aliphatic heterocycles. The van der Waals surface area contributed by atoms with Gasteiger partial charge in [-0.2, -0.15) is 0 Å². The second-order valence-corrected chi connectivity index (χ2v) is 7.82. The predicted octanol–water partition coefficient (Wildman–Crippen LogP) is 4.61. The Balaban J connectivity index is 1.57. The lowest BCUT2D eigenvalue weighted by Gasteiger charge is -2.29. The van der Waals surface area contributed by atoms with E-state index in [1.54, 1.807) is 16.7 Å². The van der Waals surface area contributed by atoms with Crippen LogP contribution in [0.25, 0.3) is 0 Å². The topological polar surface area (TPSA) is 49.9 Å². The molecule has 0 N–H and O–H groups in total. The molecule has 0 aromatic heterocycles. The minimum absolute atomic E-state index is 0.00900. The van der Waals surface area contributed by atoms with E-state index in [1.165, 1.54) is 0 Å². The van der Waals surface area contributed by atoms with Crippen molar-refractivity contribution in [1.29, 1.82) is 0 Å². The SMILES string of the molecule is CC(=O)N(CC1=CCN(C(=O)OCc2ccccc2)CC1)c1ccccc1I. The Hall–Kier alpha value is -2.35. The molecular formula is C22H23IN2O3. The number of hydrogen-bond acceptors (Lipinski definition) is 3. The van der Waals surface area contributed by atoms with Crippen molar-refractivity contribution < 1.29 is 14.3 Å². The van der Waals surface area contributed by atoms with E-state index >= 15 is 0 Å². The van der Waals surface area contributed by atoms with Crippen LogP contribution < -0.4 is 4.90 Å². The van der Waals surface area contributed by atoms with Gasteiger partial charge in [0.15, 0.2) is 0 Å². The minimum Gasteiger partial charge on any atom is -0.445 e. The zero-order chi connectivity index (χ0) is 19.9. The molecule has 0 saturated heterocycles. The first-order chi connectivity index (χ1) is 13.5. The van der Waals surface area contributed by atoms with Gasteiger partial charge in [0.25, 0.3) is 0 Å². The molecule has 0 bridgehead atoms. The van der Waals surface area contributed by atoms with E-state index in [0.29, 0.717) is 19.6 Å². The maximum absolute atomic E-state index is 12.3. The van der Waals surface area contributed by atoms with Crippen molar-refractivity contribution in [1.82, 2.24) is 4.90 Å². The number of hydrogen-bond donors (Lipinski definition) is 0. The minimum atomic E-state index is -0.305. The number of benzene rings is 2. The van der Waals surface area contributed by atoms with Crippen molar-refractivity contribution in [3.05, 3.63) is 75.4 Å². The molecule has 0 fully saturated rings. The highest BCUT2D eigenvalue weighted by atomic mass is 127. The van der Waals surface area contributed by atoms with Gasteiger partial charge in [-0.05, 0) is 46.7 Å². The third-order valence-corrected chi connectivity index (χ3v) is 5.56. The van der Waals surface area contributed by atoms with Crippen LogP contribution in [0.3, 0.4) is 0 Å². The summed E-state index contributed by atoms with van der Waals surface area (Å²) in [6, 6.07) is 17.5. The van der Waals surface area contributed by atoms with Gasteiger partial charge >= 0.3 is 6.09 Å². The van der Waals surface area contributed by atoms with Gasteiger partial charge in [-0.25, -0.2) is 4.79 Å². The summed E-state index contributed by atoms with van der Waals surface area (Å²) in [6.45, 7) is 3.50. The van der Waals surface area contributed by atoms with Gasteiger partial charge < -0.3 is 14.5 Å². The highest BCUT2D eigenvalue weighted by Crippen LogP contribution is 2.24. The van der Waals surface area contributed by atoms with Gasteiger partial charge in [-0.15, -0.1) is 0 Å². The summed E-state index contributed by atoms with van der Waals surface area (Å²) in [5.74, 6) is 0.00900. The molecule has 2 aromatic rings. The number of halogens is 1. The zero-order valence-electron chi connectivity index (χ0n) is 15.8. The van der Waals surface area contributed by atoms with Gasteiger partial charge in [0.2, 0.25) is 5.91 Å². The molecule has 1 aliphatic rings. The molecule has 0 aliphatic carbocycles. The van der Waals surface area contributed by atoms with Crippen molar-refractivity contribution in [2.75, 3.05) is 24.5 Å². The number of ether oxygens (including phenoxy) is 1. The van der Waals surface area contributed by atoms with Crippen LogP contribution in [0, 0.1) is 3.57 Å². The summed E-state index contributed by atoms with van der Waals surface area (Å²) in [5, 5.41) is 0. The van der Waals surface area contributed by atoms with Crippen LogP contribution in [0.5, 0.6) is 0 Å². The monoisotopic (exact) mass is 490 g/mol. The summed E-state index contributed by atoms with van der Waals surface area (Å²) in [7, 11) is 0. The summed E-state index contributed by atoms with van der Waals surface area (Å²) in [4.78, 5) is 27.9.